The van der Waals surface area contributed by atoms with Crippen LogP contribution in [0, 0.1) is 0 Å². The molecule has 0 fully saturated rings. The number of anilines is 3. The van der Waals surface area contributed by atoms with Gasteiger partial charge in [-0.25, -0.2) is 4.90 Å². The molecule has 3 amide bonds. The zero-order valence-electron chi connectivity index (χ0n) is 17.9. The lowest BCUT2D eigenvalue weighted by Crippen LogP contribution is -2.32. The molecule has 0 unspecified atom stereocenters. The summed E-state index contributed by atoms with van der Waals surface area (Å²) in [6.07, 6.45) is 0.773. The monoisotopic (exact) mass is 513 g/mol. The van der Waals surface area contributed by atoms with Gasteiger partial charge in [0.05, 0.1) is 5.69 Å². The van der Waals surface area contributed by atoms with Crippen molar-refractivity contribution in [1.82, 2.24) is 0 Å². The highest BCUT2D eigenvalue weighted by Crippen LogP contribution is 2.33. The second kappa shape index (κ2) is 9.89. The molecule has 0 radical (unpaired) electrons. The van der Waals surface area contributed by atoms with Crippen molar-refractivity contribution in [1.29, 1.82) is 0 Å². The molecule has 34 heavy (non-hydrogen) atoms. The molecule has 0 aliphatic carbocycles. The molecule has 1 heterocycles. The molecular formula is C25H18Cl3N3O3. The fraction of sp³-hybridized carbons (Fsp3) is 0.0800. The van der Waals surface area contributed by atoms with Crippen LogP contribution in [0.2, 0.25) is 10.0 Å². The molecule has 9 heteroatoms. The Morgan fingerprint density at radius 2 is 1.59 bits per heavy atom. The van der Waals surface area contributed by atoms with E-state index in [9.17, 15) is 14.4 Å². The van der Waals surface area contributed by atoms with E-state index in [0.717, 1.165) is 22.6 Å². The smallest absolute Gasteiger partial charge is 0.283 e. The van der Waals surface area contributed by atoms with E-state index < -0.39 is 11.8 Å². The number of rotatable bonds is 6. The van der Waals surface area contributed by atoms with E-state index in [1.165, 1.54) is 18.2 Å². The van der Waals surface area contributed by atoms with Crippen molar-refractivity contribution < 1.29 is 14.4 Å². The molecule has 0 bridgehead atoms. The number of nitrogens with zero attached hydrogens (tertiary/aromatic N) is 1. The first-order valence-corrected chi connectivity index (χ1v) is 11.4. The van der Waals surface area contributed by atoms with E-state index in [1.807, 2.05) is 31.2 Å². The topological polar surface area (TPSA) is 78.5 Å². The number of benzene rings is 3. The molecule has 4 rings (SSSR count). The minimum Gasteiger partial charge on any atom is -0.350 e. The Morgan fingerprint density at radius 3 is 2.29 bits per heavy atom. The molecule has 172 valence electrons. The van der Waals surface area contributed by atoms with Gasteiger partial charge in [0, 0.05) is 27.0 Å². The van der Waals surface area contributed by atoms with Crippen LogP contribution in [0.5, 0.6) is 0 Å². The van der Waals surface area contributed by atoms with Crippen molar-refractivity contribution in [3.05, 3.63) is 98.6 Å². The Morgan fingerprint density at radius 1 is 0.882 bits per heavy atom. The zero-order valence-corrected chi connectivity index (χ0v) is 20.1. The quantitative estimate of drug-likeness (QED) is 0.382. The minimum absolute atomic E-state index is 0.114. The number of carbonyl (C=O) groups is 3. The van der Waals surface area contributed by atoms with Crippen LogP contribution in [0.1, 0.15) is 22.8 Å². The van der Waals surface area contributed by atoms with E-state index in [4.69, 9.17) is 34.8 Å². The van der Waals surface area contributed by atoms with Crippen LogP contribution in [0.3, 0.4) is 0 Å². The Labute approximate surface area is 211 Å². The Hall–Kier alpha value is -3.32. The van der Waals surface area contributed by atoms with E-state index in [-0.39, 0.29) is 32.4 Å². The number of para-hydroxylation sites is 1. The normalized spacial score (nSPS) is 13.5. The summed E-state index contributed by atoms with van der Waals surface area (Å²) in [5, 5.41) is 6.03. The SMILES string of the molecule is CCc1ccccc1NC(=O)c1cccc(NC2=C(Cl)C(=O)N(c3cc(Cl)cc(Cl)c3)C2=O)c1. The van der Waals surface area contributed by atoms with Crippen LogP contribution < -0.4 is 15.5 Å². The number of hydrogen-bond acceptors (Lipinski definition) is 4. The molecule has 1 aliphatic heterocycles. The summed E-state index contributed by atoms with van der Waals surface area (Å²) in [6, 6.07) is 18.4. The minimum atomic E-state index is -0.711. The van der Waals surface area contributed by atoms with Crippen molar-refractivity contribution in [2.75, 3.05) is 15.5 Å². The molecule has 3 aromatic rings. The molecule has 0 saturated carbocycles. The van der Waals surface area contributed by atoms with E-state index >= 15 is 0 Å². The van der Waals surface area contributed by atoms with Crippen LogP contribution in [-0.2, 0) is 16.0 Å². The fourth-order valence-corrected chi connectivity index (χ4v) is 4.27. The third kappa shape index (κ3) is 4.80. The van der Waals surface area contributed by atoms with E-state index in [0.29, 0.717) is 11.3 Å². The lowest BCUT2D eigenvalue weighted by molar-refractivity contribution is -0.120. The van der Waals surface area contributed by atoms with Gasteiger partial charge in [-0.05, 0) is 54.4 Å². The number of amides is 3. The average Bonchev–Trinajstić information content (AvgIpc) is 3.02. The van der Waals surface area contributed by atoms with Crippen LogP contribution in [0.15, 0.2) is 77.5 Å². The highest BCUT2D eigenvalue weighted by Gasteiger charge is 2.39. The van der Waals surface area contributed by atoms with Crippen molar-refractivity contribution in [3.8, 4) is 0 Å². The van der Waals surface area contributed by atoms with E-state index in [2.05, 4.69) is 10.6 Å². The summed E-state index contributed by atoms with van der Waals surface area (Å²) in [5.41, 5.74) is 2.60. The summed E-state index contributed by atoms with van der Waals surface area (Å²) in [4.78, 5) is 39.4. The Balaban J connectivity index is 1.56. The van der Waals surface area contributed by atoms with Crippen molar-refractivity contribution >= 4 is 69.6 Å². The Kier molecular flexibility index (Phi) is 6.93. The van der Waals surface area contributed by atoms with Crippen molar-refractivity contribution in [3.63, 3.8) is 0 Å². The number of hydrogen-bond donors (Lipinski definition) is 2. The molecular weight excluding hydrogens is 497 g/mol. The van der Waals surface area contributed by atoms with Crippen molar-refractivity contribution in [2.24, 2.45) is 0 Å². The van der Waals surface area contributed by atoms with Gasteiger partial charge in [-0.3, -0.25) is 14.4 Å². The van der Waals surface area contributed by atoms with Gasteiger partial charge in [0.15, 0.2) is 0 Å². The van der Waals surface area contributed by atoms with Crippen LogP contribution in [0.25, 0.3) is 0 Å². The van der Waals surface area contributed by atoms with E-state index in [1.54, 1.807) is 24.3 Å². The second-order valence-corrected chi connectivity index (χ2v) is 8.68. The van der Waals surface area contributed by atoms with Gasteiger partial charge < -0.3 is 10.6 Å². The van der Waals surface area contributed by atoms with Gasteiger partial charge in [0.25, 0.3) is 17.7 Å². The first-order chi connectivity index (χ1) is 16.3. The number of nitrogens with one attached hydrogen (secondary N) is 2. The molecule has 0 saturated heterocycles. The predicted octanol–water partition coefficient (Wildman–Crippen LogP) is 6.24. The molecule has 0 aromatic heterocycles. The number of imide groups is 1. The maximum Gasteiger partial charge on any atom is 0.283 e. The summed E-state index contributed by atoms with van der Waals surface area (Å²) in [7, 11) is 0. The molecule has 1 aliphatic rings. The molecule has 3 aromatic carbocycles. The maximum absolute atomic E-state index is 13.0. The largest absolute Gasteiger partial charge is 0.350 e. The average molecular weight is 515 g/mol. The molecule has 2 N–H and O–H groups in total. The lowest BCUT2D eigenvalue weighted by atomic mass is 10.1. The first kappa shape index (κ1) is 23.8. The number of halogens is 3. The Bertz CT molecular complexity index is 1330. The van der Waals surface area contributed by atoms with Crippen LogP contribution in [0.4, 0.5) is 17.1 Å². The zero-order chi connectivity index (χ0) is 24.4. The van der Waals surface area contributed by atoms with Gasteiger partial charge in [-0.15, -0.1) is 0 Å². The number of carbonyl (C=O) groups excluding carboxylic acids is 3. The summed E-state index contributed by atoms with van der Waals surface area (Å²) in [6.45, 7) is 2.01. The summed E-state index contributed by atoms with van der Waals surface area (Å²) < 4.78 is 0. The van der Waals surface area contributed by atoms with Gasteiger partial charge in [0.2, 0.25) is 0 Å². The summed E-state index contributed by atoms with van der Waals surface area (Å²) in [5.74, 6) is -1.69. The van der Waals surface area contributed by atoms with Crippen LogP contribution in [-0.4, -0.2) is 17.7 Å². The first-order valence-electron chi connectivity index (χ1n) is 10.3. The van der Waals surface area contributed by atoms with Gasteiger partial charge in [-0.1, -0.05) is 66.0 Å². The number of aryl methyl sites for hydroxylation is 1. The highest BCUT2D eigenvalue weighted by atomic mass is 35.5. The van der Waals surface area contributed by atoms with Crippen LogP contribution >= 0.6 is 34.8 Å². The fourth-order valence-electron chi connectivity index (χ4n) is 3.54. The van der Waals surface area contributed by atoms with Gasteiger partial charge in [0.1, 0.15) is 10.7 Å². The second-order valence-electron chi connectivity index (χ2n) is 7.43. The third-order valence-corrected chi connectivity index (χ3v) is 5.96. The van der Waals surface area contributed by atoms with Gasteiger partial charge in [-0.2, -0.15) is 0 Å². The standard InChI is InChI=1S/C25H18Cl3N3O3/c1-2-14-6-3-4-9-20(14)30-23(32)15-7-5-8-18(10-15)29-22-21(28)24(33)31(25(22)34)19-12-16(26)11-17(27)13-19/h3-13,29H,2H2,1H3,(H,30,32). The predicted molar refractivity (Wildman–Crippen MR) is 136 cm³/mol. The lowest BCUT2D eigenvalue weighted by Gasteiger charge is -2.16. The molecule has 0 atom stereocenters. The molecule has 0 spiro atoms. The molecule has 6 nitrogen and oxygen atoms in total. The van der Waals surface area contributed by atoms with Crippen molar-refractivity contribution in [2.45, 2.75) is 13.3 Å². The summed E-state index contributed by atoms with van der Waals surface area (Å²) >= 11 is 18.2. The highest BCUT2D eigenvalue weighted by molar-refractivity contribution is 6.53. The maximum atomic E-state index is 13.0. The van der Waals surface area contributed by atoms with Gasteiger partial charge >= 0.3 is 0 Å². The third-order valence-electron chi connectivity index (χ3n) is 5.17.